The summed E-state index contributed by atoms with van der Waals surface area (Å²) in [5.74, 6) is 0.0904. The lowest BCUT2D eigenvalue weighted by Crippen LogP contribution is -2.48. The van der Waals surface area contributed by atoms with Gasteiger partial charge in [0.1, 0.15) is 4.88 Å². The molecule has 0 saturated carbocycles. The van der Waals surface area contributed by atoms with E-state index in [0.717, 1.165) is 54.6 Å². The SMILES string of the molecule is CCc1ncc(C(=O)N2CCN(Cc3cccc(Cl)c3Cl)CC2)s1. The van der Waals surface area contributed by atoms with Crippen molar-refractivity contribution in [3.63, 3.8) is 0 Å². The van der Waals surface area contributed by atoms with E-state index in [9.17, 15) is 4.79 Å². The summed E-state index contributed by atoms with van der Waals surface area (Å²) in [4.78, 5) is 21.7. The van der Waals surface area contributed by atoms with Gasteiger partial charge in [-0.05, 0) is 18.1 Å². The number of aryl methyl sites for hydroxylation is 1. The van der Waals surface area contributed by atoms with Crippen LogP contribution in [0.25, 0.3) is 0 Å². The molecule has 2 heterocycles. The number of aromatic nitrogens is 1. The summed E-state index contributed by atoms with van der Waals surface area (Å²) in [5, 5.41) is 2.21. The molecule has 0 atom stereocenters. The van der Waals surface area contributed by atoms with Crippen molar-refractivity contribution in [1.82, 2.24) is 14.8 Å². The molecule has 7 heteroatoms. The Kier molecular flexibility index (Phi) is 5.76. The lowest BCUT2D eigenvalue weighted by Gasteiger charge is -2.34. The summed E-state index contributed by atoms with van der Waals surface area (Å²) < 4.78 is 0. The minimum absolute atomic E-state index is 0.0904. The molecule has 1 aliphatic rings. The number of rotatable bonds is 4. The molecule has 1 aromatic heterocycles. The number of piperazine rings is 1. The highest BCUT2D eigenvalue weighted by molar-refractivity contribution is 7.13. The van der Waals surface area contributed by atoms with Gasteiger partial charge < -0.3 is 4.90 Å². The van der Waals surface area contributed by atoms with E-state index in [1.165, 1.54) is 11.3 Å². The molecule has 0 radical (unpaired) electrons. The average Bonchev–Trinajstić information content (AvgIpc) is 3.08. The highest BCUT2D eigenvalue weighted by atomic mass is 35.5. The molecule has 24 heavy (non-hydrogen) atoms. The Bertz CT molecular complexity index is 726. The number of hydrogen-bond acceptors (Lipinski definition) is 4. The minimum atomic E-state index is 0.0904. The van der Waals surface area contributed by atoms with Gasteiger partial charge in [-0.1, -0.05) is 42.3 Å². The van der Waals surface area contributed by atoms with Crippen molar-refractivity contribution >= 4 is 40.4 Å². The Labute approximate surface area is 156 Å². The van der Waals surface area contributed by atoms with Crippen LogP contribution in [-0.2, 0) is 13.0 Å². The third kappa shape index (κ3) is 3.91. The number of nitrogens with zero attached hydrogens (tertiary/aromatic N) is 3. The van der Waals surface area contributed by atoms with Gasteiger partial charge in [-0.2, -0.15) is 0 Å². The quantitative estimate of drug-likeness (QED) is 0.801. The molecule has 1 aliphatic heterocycles. The maximum Gasteiger partial charge on any atom is 0.265 e. The average molecular weight is 384 g/mol. The summed E-state index contributed by atoms with van der Waals surface area (Å²) in [6.45, 7) is 5.89. The van der Waals surface area contributed by atoms with E-state index in [1.807, 2.05) is 24.0 Å². The van der Waals surface area contributed by atoms with Gasteiger partial charge in [0.05, 0.1) is 21.2 Å². The van der Waals surface area contributed by atoms with Crippen LogP contribution in [0.4, 0.5) is 0 Å². The lowest BCUT2D eigenvalue weighted by molar-refractivity contribution is 0.0633. The largest absolute Gasteiger partial charge is 0.335 e. The number of carbonyl (C=O) groups is 1. The zero-order chi connectivity index (χ0) is 17.1. The zero-order valence-corrected chi connectivity index (χ0v) is 15.8. The van der Waals surface area contributed by atoms with Crippen LogP contribution in [0.2, 0.25) is 10.0 Å². The van der Waals surface area contributed by atoms with Crippen molar-refractivity contribution in [2.24, 2.45) is 0 Å². The third-order valence-electron chi connectivity index (χ3n) is 4.15. The Hall–Kier alpha value is -1.14. The molecule has 0 N–H and O–H groups in total. The predicted molar refractivity (Wildman–Crippen MR) is 99.1 cm³/mol. The van der Waals surface area contributed by atoms with E-state index in [-0.39, 0.29) is 5.91 Å². The van der Waals surface area contributed by atoms with Crippen LogP contribution in [0.3, 0.4) is 0 Å². The van der Waals surface area contributed by atoms with Crippen molar-refractivity contribution in [3.05, 3.63) is 49.9 Å². The van der Waals surface area contributed by atoms with E-state index in [2.05, 4.69) is 9.88 Å². The van der Waals surface area contributed by atoms with Gasteiger partial charge in [0.25, 0.3) is 5.91 Å². The Balaban J connectivity index is 1.57. The zero-order valence-electron chi connectivity index (χ0n) is 13.5. The number of carbonyl (C=O) groups excluding carboxylic acids is 1. The van der Waals surface area contributed by atoms with Gasteiger partial charge in [-0.25, -0.2) is 4.98 Å². The second kappa shape index (κ2) is 7.83. The number of halogens is 2. The molecule has 4 nitrogen and oxygen atoms in total. The maximum atomic E-state index is 12.5. The molecule has 128 valence electrons. The van der Waals surface area contributed by atoms with E-state index >= 15 is 0 Å². The molecule has 1 amide bonds. The summed E-state index contributed by atoms with van der Waals surface area (Å²) in [5.41, 5.74) is 1.03. The topological polar surface area (TPSA) is 36.4 Å². The number of hydrogen-bond donors (Lipinski definition) is 0. The van der Waals surface area contributed by atoms with Gasteiger partial charge in [-0.3, -0.25) is 9.69 Å². The van der Waals surface area contributed by atoms with Crippen molar-refractivity contribution in [3.8, 4) is 0 Å². The molecule has 0 aliphatic carbocycles. The Morgan fingerprint density at radius 2 is 2.00 bits per heavy atom. The normalized spacial score (nSPS) is 15.7. The van der Waals surface area contributed by atoms with E-state index in [4.69, 9.17) is 23.2 Å². The molecule has 1 saturated heterocycles. The molecule has 0 unspecified atom stereocenters. The van der Waals surface area contributed by atoms with E-state index in [1.54, 1.807) is 12.3 Å². The summed E-state index contributed by atoms with van der Waals surface area (Å²) in [7, 11) is 0. The minimum Gasteiger partial charge on any atom is -0.335 e. The molecular formula is C17H19Cl2N3OS. The summed E-state index contributed by atoms with van der Waals surface area (Å²) in [6.07, 6.45) is 2.57. The standard InChI is InChI=1S/C17H19Cl2N3OS/c1-2-15-20-10-14(24-15)17(23)22-8-6-21(7-9-22)11-12-4-3-5-13(18)16(12)19/h3-5,10H,2,6-9,11H2,1H3. The van der Waals surface area contributed by atoms with Crippen LogP contribution < -0.4 is 0 Å². The highest BCUT2D eigenvalue weighted by Crippen LogP contribution is 2.27. The molecule has 2 aromatic rings. The lowest BCUT2D eigenvalue weighted by atomic mass is 10.2. The van der Waals surface area contributed by atoms with Crippen LogP contribution in [0.5, 0.6) is 0 Å². The third-order valence-corrected chi connectivity index (χ3v) is 6.14. The van der Waals surface area contributed by atoms with Crippen LogP contribution in [0.15, 0.2) is 24.4 Å². The first-order valence-corrected chi connectivity index (χ1v) is 9.55. The van der Waals surface area contributed by atoms with Crippen LogP contribution in [0.1, 0.15) is 27.2 Å². The Morgan fingerprint density at radius 3 is 2.67 bits per heavy atom. The van der Waals surface area contributed by atoms with Crippen LogP contribution >= 0.6 is 34.5 Å². The maximum absolute atomic E-state index is 12.5. The number of thiazole rings is 1. The monoisotopic (exact) mass is 383 g/mol. The van der Waals surface area contributed by atoms with Crippen molar-refractivity contribution in [2.45, 2.75) is 19.9 Å². The predicted octanol–water partition coefficient (Wildman–Crippen LogP) is 3.97. The van der Waals surface area contributed by atoms with Gasteiger partial charge in [-0.15, -0.1) is 11.3 Å². The fourth-order valence-electron chi connectivity index (χ4n) is 2.75. The smallest absolute Gasteiger partial charge is 0.265 e. The first-order valence-electron chi connectivity index (χ1n) is 7.97. The first kappa shape index (κ1) is 17.7. The molecule has 0 spiro atoms. The molecule has 1 fully saturated rings. The van der Waals surface area contributed by atoms with E-state index < -0.39 is 0 Å². The Morgan fingerprint density at radius 1 is 1.25 bits per heavy atom. The molecular weight excluding hydrogens is 365 g/mol. The molecule has 3 rings (SSSR count). The second-order valence-electron chi connectivity index (χ2n) is 5.75. The fourth-order valence-corrected chi connectivity index (χ4v) is 3.95. The molecule has 0 bridgehead atoms. The van der Waals surface area contributed by atoms with Crippen molar-refractivity contribution in [2.75, 3.05) is 26.2 Å². The fraction of sp³-hybridized carbons (Fsp3) is 0.412. The summed E-state index contributed by atoms with van der Waals surface area (Å²) >= 11 is 13.8. The van der Waals surface area contributed by atoms with Crippen LogP contribution in [-0.4, -0.2) is 46.9 Å². The highest BCUT2D eigenvalue weighted by Gasteiger charge is 2.24. The second-order valence-corrected chi connectivity index (χ2v) is 7.65. The molecule has 1 aromatic carbocycles. The van der Waals surface area contributed by atoms with Gasteiger partial charge >= 0.3 is 0 Å². The van der Waals surface area contributed by atoms with Crippen molar-refractivity contribution < 1.29 is 4.79 Å². The van der Waals surface area contributed by atoms with Gasteiger partial charge in [0.15, 0.2) is 0 Å². The first-order chi connectivity index (χ1) is 11.6. The van der Waals surface area contributed by atoms with Crippen molar-refractivity contribution in [1.29, 1.82) is 0 Å². The number of amides is 1. The van der Waals surface area contributed by atoms with Gasteiger partial charge in [0.2, 0.25) is 0 Å². The number of benzene rings is 1. The van der Waals surface area contributed by atoms with E-state index in [0.29, 0.717) is 10.0 Å². The van der Waals surface area contributed by atoms with Gasteiger partial charge in [0, 0.05) is 32.7 Å². The summed E-state index contributed by atoms with van der Waals surface area (Å²) in [6, 6.07) is 5.71. The van der Waals surface area contributed by atoms with Crippen LogP contribution in [0, 0.1) is 0 Å².